The van der Waals surface area contributed by atoms with Crippen LogP contribution in [-0.2, 0) is 0 Å². The van der Waals surface area contributed by atoms with Gasteiger partial charge in [0.05, 0.1) is 12.0 Å². The minimum Gasteiger partial charge on any atom is -0.451 e. The summed E-state index contributed by atoms with van der Waals surface area (Å²) in [5, 5.41) is 12.7. The molecule has 0 unspecified atom stereocenters. The van der Waals surface area contributed by atoms with E-state index >= 15 is 0 Å². The van der Waals surface area contributed by atoms with E-state index in [1.165, 1.54) is 6.07 Å². The highest BCUT2D eigenvalue weighted by molar-refractivity contribution is 5.93. The summed E-state index contributed by atoms with van der Waals surface area (Å²) in [4.78, 5) is 24.2. The third kappa shape index (κ3) is 3.20. The van der Waals surface area contributed by atoms with Crippen LogP contribution in [0.2, 0.25) is 0 Å². The van der Waals surface area contributed by atoms with Gasteiger partial charge in [-0.25, -0.2) is 0 Å². The van der Waals surface area contributed by atoms with E-state index in [4.69, 9.17) is 4.42 Å². The van der Waals surface area contributed by atoms with Crippen molar-refractivity contribution in [3.63, 3.8) is 0 Å². The molecule has 0 fully saturated rings. The molecule has 0 spiro atoms. The lowest BCUT2D eigenvalue weighted by atomic mass is 9.83. The van der Waals surface area contributed by atoms with Gasteiger partial charge in [-0.05, 0) is 25.0 Å². The van der Waals surface area contributed by atoms with Gasteiger partial charge in [0.15, 0.2) is 11.2 Å². The van der Waals surface area contributed by atoms with E-state index in [2.05, 4.69) is 5.32 Å². The monoisotopic (exact) mass is 303 g/mol. The van der Waals surface area contributed by atoms with E-state index in [1.807, 2.05) is 13.8 Å². The Balaban J connectivity index is 2.22. The number of aliphatic hydroxyl groups excluding tert-OH is 1. The van der Waals surface area contributed by atoms with Crippen molar-refractivity contribution in [2.24, 2.45) is 5.41 Å². The van der Waals surface area contributed by atoms with Crippen molar-refractivity contribution >= 4 is 16.9 Å². The number of carbonyl (C=O) groups is 1. The first-order valence-electron chi connectivity index (χ1n) is 7.47. The van der Waals surface area contributed by atoms with E-state index in [0.717, 1.165) is 12.8 Å². The van der Waals surface area contributed by atoms with Crippen LogP contribution in [0.1, 0.15) is 37.2 Å². The first-order chi connectivity index (χ1) is 10.5. The topological polar surface area (TPSA) is 79.5 Å². The Labute approximate surface area is 129 Å². The summed E-state index contributed by atoms with van der Waals surface area (Å²) in [6.45, 7) is 4.29. The molecular weight excluding hydrogens is 282 g/mol. The van der Waals surface area contributed by atoms with Gasteiger partial charge in [0, 0.05) is 18.0 Å². The van der Waals surface area contributed by atoms with Gasteiger partial charge in [0.25, 0.3) is 5.91 Å². The molecule has 1 aromatic carbocycles. The maximum absolute atomic E-state index is 12.2. The second kappa shape index (κ2) is 6.75. The predicted molar refractivity (Wildman–Crippen MR) is 84.9 cm³/mol. The summed E-state index contributed by atoms with van der Waals surface area (Å²) in [7, 11) is 0. The Bertz CT molecular complexity index is 708. The molecule has 2 N–H and O–H groups in total. The fourth-order valence-electron chi connectivity index (χ4n) is 2.35. The average Bonchev–Trinajstić information content (AvgIpc) is 2.56. The molecule has 118 valence electrons. The molecule has 1 heterocycles. The standard InChI is InChI=1S/C17H21NO4/c1-3-17(4-2,11-19)10-18-16(21)15-9-13(20)12-7-5-6-8-14(12)22-15/h5-9,19H,3-4,10-11H2,1-2H3,(H,18,21). The number of para-hydroxylation sites is 1. The summed E-state index contributed by atoms with van der Waals surface area (Å²) in [6.07, 6.45) is 1.50. The molecule has 0 atom stereocenters. The van der Waals surface area contributed by atoms with Crippen LogP contribution >= 0.6 is 0 Å². The Morgan fingerprint density at radius 3 is 2.59 bits per heavy atom. The summed E-state index contributed by atoms with van der Waals surface area (Å²) >= 11 is 0. The van der Waals surface area contributed by atoms with Gasteiger partial charge in [-0.2, -0.15) is 0 Å². The van der Waals surface area contributed by atoms with Crippen LogP contribution in [0, 0.1) is 5.41 Å². The fraction of sp³-hybridized carbons (Fsp3) is 0.412. The Hall–Kier alpha value is -2.14. The highest BCUT2D eigenvalue weighted by Gasteiger charge is 2.26. The van der Waals surface area contributed by atoms with Gasteiger partial charge in [0.2, 0.25) is 0 Å². The van der Waals surface area contributed by atoms with Gasteiger partial charge >= 0.3 is 0 Å². The molecule has 2 rings (SSSR count). The molecule has 0 aliphatic heterocycles. The fourth-order valence-corrected chi connectivity index (χ4v) is 2.35. The first-order valence-corrected chi connectivity index (χ1v) is 7.47. The van der Waals surface area contributed by atoms with Crippen LogP contribution in [0.15, 0.2) is 39.5 Å². The second-order valence-corrected chi connectivity index (χ2v) is 5.52. The maximum atomic E-state index is 12.2. The summed E-state index contributed by atoms with van der Waals surface area (Å²) in [5.41, 5.74) is -0.196. The molecule has 0 aliphatic carbocycles. The lowest BCUT2D eigenvalue weighted by Gasteiger charge is -2.29. The van der Waals surface area contributed by atoms with Crippen molar-refractivity contribution in [3.8, 4) is 0 Å². The first kappa shape index (κ1) is 16.2. The number of rotatable bonds is 6. The summed E-state index contributed by atoms with van der Waals surface area (Å²) in [5.74, 6) is -0.453. The molecule has 0 radical (unpaired) electrons. The second-order valence-electron chi connectivity index (χ2n) is 5.52. The van der Waals surface area contributed by atoms with Crippen LogP contribution in [0.3, 0.4) is 0 Å². The maximum Gasteiger partial charge on any atom is 0.287 e. The van der Waals surface area contributed by atoms with E-state index in [0.29, 0.717) is 17.5 Å². The lowest BCUT2D eigenvalue weighted by molar-refractivity contribution is 0.0828. The third-order valence-corrected chi connectivity index (χ3v) is 4.32. The summed E-state index contributed by atoms with van der Waals surface area (Å²) in [6, 6.07) is 8.02. The van der Waals surface area contributed by atoms with Crippen molar-refractivity contribution in [2.75, 3.05) is 13.2 Å². The van der Waals surface area contributed by atoms with Crippen LogP contribution in [0.5, 0.6) is 0 Å². The summed E-state index contributed by atoms with van der Waals surface area (Å²) < 4.78 is 5.50. The zero-order valence-electron chi connectivity index (χ0n) is 12.9. The molecule has 1 aromatic heterocycles. The number of hydrogen-bond acceptors (Lipinski definition) is 4. The average molecular weight is 303 g/mol. The van der Waals surface area contributed by atoms with E-state index in [-0.39, 0.29) is 23.2 Å². The largest absolute Gasteiger partial charge is 0.451 e. The highest BCUT2D eigenvalue weighted by Crippen LogP contribution is 2.24. The molecule has 5 heteroatoms. The van der Waals surface area contributed by atoms with Crippen molar-refractivity contribution < 1.29 is 14.3 Å². The molecule has 5 nitrogen and oxygen atoms in total. The molecule has 22 heavy (non-hydrogen) atoms. The Morgan fingerprint density at radius 1 is 1.27 bits per heavy atom. The number of fused-ring (bicyclic) bond motifs is 1. The van der Waals surface area contributed by atoms with Crippen LogP contribution in [0.4, 0.5) is 0 Å². The zero-order valence-corrected chi connectivity index (χ0v) is 12.9. The van der Waals surface area contributed by atoms with Crippen LogP contribution in [0.25, 0.3) is 11.0 Å². The van der Waals surface area contributed by atoms with E-state index in [1.54, 1.807) is 24.3 Å². The van der Waals surface area contributed by atoms with Crippen molar-refractivity contribution in [2.45, 2.75) is 26.7 Å². The predicted octanol–water partition coefficient (Wildman–Crippen LogP) is 2.32. The minimum absolute atomic E-state index is 0.00193. The van der Waals surface area contributed by atoms with Crippen molar-refractivity contribution in [1.82, 2.24) is 5.32 Å². The van der Waals surface area contributed by atoms with E-state index in [9.17, 15) is 14.7 Å². The Kier molecular flexibility index (Phi) is 4.98. The number of aliphatic hydroxyl groups is 1. The zero-order chi connectivity index (χ0) is 16.2. The van der Waals surface area contributed by atoms with E-state index < -0.39 is 5.91 Å². The van der Waals surface area contributed by atoms with Crippen molar-refractivity contribution in [3.05, 3.63) is 46.3 Å². The number of benzene rings is 1. The van der Waals surface area contributed by atoms with Crippen LogP contribution in [-0.4, -0.2) is 24.2 Å². The molecule has 0 saturated carbocycles. The molecule has 0 aliphatic rings. The molecular formula is C17H21NO4. The molecule has 0 saturated heterocycles. The minimum atomic E-state index is -0.442. The van der Waals surface area contributed by atoms with Gasteiger partial charge < -0.3 is 14.8 Å². The molecule has 2 aromatic rings. The number of nitrogens with one attached hydrogen (secondary N) is 1. The Morgan fingerprint density at radius 2 is 1.95 bits per heavy atom. The highest BCUT2D eigenvalue weighted by atomic mass is 16.3. The SMILES string of the molecule is CCC(CC)(CO)CNC(=O)c1cc(=O)c2ccccc2o1. The number of hydrogen-bond donors (Lipinski definition) is 2. The lowest BCUT2D eigenvalue weighted by Crippen LogP contribution is -2.39. The van der Waals surface area contributed by atoms with Gasteiger partial charge in [-0.1, -0.05) is 26.0 Å². The normalized spacial score (nSPS) is 11.6. The van der Waals surface area contributed by atoms with Gasteiger partial charge in [-0.15, -0.1) is 0 Å². The van der Waals surface area contributed by atoms with Crippen molar-refractivity contribution in [1.29, 1.82) is 0 Å². The van der Waals surface area contributed by atoms with Crippen LogP contribution < -0.4 is 10.7 Å². The quantitative estimate of drug-likeness (QED) is 0.858. The number of amides is 1. The number of carbonyl (C=O) groups excluding carboxylic acids is 1. The van der Waals surface area contributed by atoms with Gasteiger partial charge in [0.1, 0.15) is 5.58 Å². The van der Waals surface area contributed by atoms with Gasteiger partial charge in [-0.3, -0.25) is 9.59 Å². The smallest absolute Gasteiger partial charge is 0.287 e. The molecule has 1 amide bonds. The molecule has 0 bridgehead atoms. The third-order valence-electron chi connectivity index (χ3n) is 4.32.